The summed E-state index contributed by atoms with van der Waals surface area (Å²) in [6.07, 6.45) is 1.02. The lowest BCUT2D eigenvalue weighted by Crippen LogP contribution is -2.30. The molecular weight excluding hydrogens is 272 g/mol. The van der Waals surface area contributed by atoms with Crippen molar-refractivity contribution in [2.24, 2.45) is 0 Å². The highest BCUT2D eigenvalue weighted by atomic mass is 15.1. The fourth-order valence-electron chi connectivity index (χ4n) is 2.25. The minimum absolute atomic E-state index is 0.444. The van der Waals surface area contributed by atoms with Gasteiger partial charge in [0.25, 0.3) is 0 Å². The first-order valence-electron chi connectivity index (χ1n) is 7.54. The van der Waals surface area contributed by atoms with E-state index in [4.69, 9.17) is 5.26 Å². The molecule has 1 heterocycles. The zero-order valence-corrected chi connectivity index (χ0v) is 13.2. The molecule has 1 aromatic carbocycles. The average Bonchev–Trinajstić information content (AvgIpc) is 2.56. The lowest BCUT2D eigenvalue weighted by atomic mass is 10.1. The molecule has 1 atom stereocenters. The van der Waals surface area contributed by atoms with Crippen molar-refractivity contribution in [3.63, 3.8) is 0 Å². The molecule has 0 aliphatic heterocycles. The predicted octanol–water partition coefficient (Wildman–Crippen LogP) is 3.28. The molecule has 2 rings (SSSR count). The van der Waals surface area contributed by atoms with E-state index in [1.54, 1.807) is 6.07 Å². The van der Waals surface area contributed by atoms with E-state index in [-0.39, 0.29) is 0 Å². The molecule has 1 unspecified atom stereocenters. The van der Waals surface area contributed by atoms with Crippen molar-refractivity contribution in [3.05, 3.63) is 59.8 Å². The van der Waals surface area contributed by atoms with Gasteiger partial charge in [-0.3, -0.25) is 4.90 Å². The maximum atomic E-state index is 8.84. The number of benzene rings is 1. The molecule has 2 aromatic rings. The quantitative estimate of drug-likeness (QED) is 0.851. The summed E-state index contributed by atoms with van der Waals surface area (Å²) in [5.41, 5.74) is 1.77. The van der Waals surface area contributed by atoms with Crippen LogP contribution >= 0.6 is 0 Å². The van der Waals surface area contributed by atoms with Gasteiger partial charge in [-0.15, -0.1) is 0 Å². The SMILES string of the molecule is CC(CCNc1cccc(C#N)n1)N(C)Cc1ccccc1. The highest BCUT2D eigenvalue weighted by molar-refractivity contribution is 5.38. The summed E-state index contributed by atoms with van der Waals surface area (Å²) in [6.45, 7) is 4.01. The molecule has 4 nitrogen and oxygen atoms in total. The molecule has 0 aliphatic rings. The van der Waals surface area contributed by atoms with Crippen molar-refractivity contribution in [2.75, 3.05) is 18.9 Å². The molecule has 1 aromatic heterocycles. The molecular formula is C18H22N4. The minimum Gasteiger partial charge on any atom is -0.370 e. The van der Waals surface area contributed by atoms with Gasteiger partial charge in [-0.25, -0.2) is 4.98 Å². The van der Waals surface area contributed by atoms with E-state index in [9.17, 15) is 0 Å². The smallest absolute Gasteiger partial charge is 0.142 e. The molecule has 0 bridgehead atoms. The van der Waals surface area contributed by atoms with Crippen molar-refractivity contribution in [3.8, 4) is 6.07 Å². The maximum Gasteiger partial charge on any atom is 0.142 e. The Labute approximate surface area is 132 Å². The zero-order valence-electron chi connectivity index (χ0n) is 13.2. The van der Waals surface area contributed by atoms with Crippen LogP contribution in [0.2, 0.25) is 0 Å². The number of nitriles is 1. The fourth-order valence-corrected chi connectivity index (χ4v) is 2.25. The third kappa shape index (κ3) is 4.87. The Bertz CT molecular complexity index is 618. The van der Waals surface area contributed by atoms with Gasteiger partial charge in [-0.2, -0.15) is 5.26 Å². The van der Waals surface area contributed by atoms with Crippen molar-refractivity contribution in [2.45, 2.75) is 25.9 Å². The second kappa shape index (κ2) is 8.16. The Morgan fingerprint density at radius 3 is 2.68 bits per heavy atom. The lowest BCUT2D eigenvalue weighted by molar-refractivity contribution is 0.242. The summed E-state index contributed by atoms with van der Waals surface area (Å²) < 4.78 is 0. The summed E-state index contributed by atoms with van der Waals surface area (Å²) in [5.74, 6) is 0.761. The van der Waals surface area contributed by atoms with Crippen molar-refractivity contribution in [1.29, 1.82) is 5.26 Å². The van der Waals surface area contributed by atoms with Crippen molar-refractivity contribution < 1.29 is 0 Å². The highest BCUT2D eigenvalue weighted by Gasteiger charge is 2.09. The number of anilines is 1. The molecule has 0 amide bonds. The van der Waals surface area contributed by atoms with Gasteiger partial charge in [0.2, 0.25) is 0 Å². The Hall–Kier alpha value is -2.38. The fraction of sp³-hybridized carbons (Fsp3) is 0.333. The second-order valence-electron chi connectivity index (χ2n) is 5.49. The van der Waals surface area contributed by atoms with E-state index in [1.165, 1.54) is 5.56 Å². The minimum atomic E-state index is 0.444. The predicted molar refractivity (Wildman–Crippen MR) is 89.4 cm³/mol. The van der Waals surface area contributed by atoms with Crippen LogP contribution in [0.1, 0.15) is 24.6 Å². The second-order valence-corrected chi connectivity index (χ2v) is 5.49. The summed E-state index contributed by atoms with van der Waals surface area (Å²) >= 11 is 0. The Balaban J connectivity index is 1.77. The van der Waals surface area contributed by atoms with Gasteiger partial charge >= 0.3 is 0 Å². The largest absolute Gasteiger partial charge is 0.370 e. The molecule has 0 radical (unpaired) electrons. The zero-order chi connectivity index (χ0) is 15.8. The van der Waals surface area contributed by atoms with Crippen LogP contribution < -0.4 is 5.32 Å². The summed E-state index contributed by atoms with van der Waals surface area (Å²) in [5, 5.41) is 12.1. The standard InChI is InChI=1S/C18H22N4/c1-15(22(2)14-16-7-4-3-5-8-16)11-12-20-18-10-6-9-17(13-19)21-18/h3-10,15H,11-12,14H2,1-2H3,(H,20,21). The van der Waals surface area contributed by atoms with Crippen LogP contribution in [0.15, 0.2) is 48.5 Å². The van der Waals surface area contributed by atoms with Gasteiger partial charge in [0.05, 0.1) is 0 Å². The van der Waals surface area contributed by atoms with Gasteiger partial charge in [0.1, 0.15) is 17.6 Å². The maximum absolute atomic E-state index is 8.84. The third-order valence-corrected chi connectivity index (χ3v) is 3.76. The van der Waals surface area contributed by atoms with Crippen LogP contribution in [0.25, 0.3) is 0 Å². The Morgan fingerprint density at radius 1 is 1.18 bits per heavy atom. The van der Waals surface area contributed by atoms with Gasteiger partial charge in [-0.1, -0.05) is 36.4 Å². The first-order valence-corrected chi connectivity index (χ1v) is 7.54. The van der Waals surface area contributed by atoms with Crippen LogP contribution in [0, 0.1) is 11.3 Å². The lowest BCUT2D eigenvalue weighted by Gasteiger charge is -2.25. The number of hydrogen-bond donors (Lipinski definition) is 1. The van der Waals surface area contributed by atoms with Crippen LogP contribution in [-0.4, -0.2) is 29.5 Å². The Kier molecular flexibility index (Phi) is 5.93. The molecule has 0 spiro atoms. The van der Waals surface area contributed by atoms with Crippen LogP contribution in [0.4, 0.5) is 5.82 Å². The summed E-state index contributed by atoms with van der Waals surface area (Å²) in [7, 11) is 2.15. The average molecular weight is 294 g/mol. The van der Waals surface area contributed by atoms with Crippen molar-refractivity contribution >= 4 is 5.82 Å². The number of aromatic nitrogens is 1. The molecule has 0 saturated carbocycles. The summed E-state index contributed by atoms with van der Waals surface area (Å²) in [4.78, 5) is 6.56. The Morgan fingerprint density at radius 2 is 1.95 bits per heavy atom. The van der Waals surface area contributed by atoms with E-state index in [0.717, 1.165) is 25.3 Å². The van der Waals surface area contributed by atoms with Gasteiger partial charge in [0, 0.05) is 19.1 Å². The van der Waals surface area contributed by atoms with Crippen LogP contribution in [-0.2, 0) is 6.54 Å². The number of nitrogens with one attached hydrogen (secondary N) is 1. The molecule has 1 N–H and O–H groups in total. The molecule has 114 valence electrons. The molecule has 0 saturated heterocycles. The van der Waals surface area contributed by atoms with E-state index in [1.807, 2.05) is 18.2 Å². The van der Waals surface area contributed by atoms with Gasteiger partial charge in [0.15, 0.2) is 0 Å². The normalized spacial score (nSPS) is 11.9. The van der Waals surface area contributed by atoms with Gasteiger partial charge in [-0.05, 0) is 38.1 Å². The summed E-state index contributed by atoms with van der Waals surface area (Å²) in [6, 6.07) is 18.5. The van der Waals surface area contributed by atoms with Crippen LogP contribution in [0.5, 0.6) is 0 Å². The topological polar surface area (TPSA) is 52.0 Å². The molecule has 0 fully saturated rings. The van der Waals surface area contributed by atoms with Gasteiger partial charge < -0.3 is 5.32 Å². The number of rotatable bonds is 7. The molecule has 22 heavy (non-hydrogen) atoms. The third-order valence-electron chi connectivity index (χ3n) is 3.76. The monoisotopic (exact) mass is 294 g/mol. The van der Waals surface area contributed by atoms with E-state index >= 15 is 0 Å². The molecule has 0 aliphatic carbocycles. The number of hydrogen-bond acceptors (Lipinski definition) is 4. The van der Waals surface area contributed by atoms with Crippen LogP contribution in [0.3, 0.4) is 0 Å². The van der Waals surface area contributed by atoms with Crippen molar-refractivity contribution in [1.82, 2.24) is 9.88 Å². The highest BCUT2D eigenvalue weighted by Crippen LogP contribution is 2.09. The van der Waals surface area contributed by atoms with E-state index < -0.39 is 0 Å². The van der Waals surface area contributed by atoms with E-state index in [2.05, 4.69) is 59.5 Å². The first kappa shape index (κ1) is 16.0. The number of nitrogens with zero attached hydrogens (tertiary/aromatic N) is 3. The van der Waals surface area contributed by atoms with E-state index in [0.29, 0.717) is 11.7 Å². The first-order chi connectivity index (χ1) is 10.7. The molecule has 4 heteroatoms. The number of pyridine rings is 1.